The van der Waals surface area contributed by atoms with Crippen molar-refractivity contribution in [1.82, 2.24) is 0 Å². The van der Waals surface area contributed by atoms with Gasteiger partial charge in [0.05, 0.1) is 7.11 Å². The average Bonchev–Trinajstić information content (AvgIpc) is 2.43. The third-order valence-corrected chi connectivity index (χ3v) is 3.45. The van der Waals surface area contributed by atoms with Gasteiger partial charge in [-0.1, -0.05) is 11.6 Å². The van der Waals surface area contributed by atoms with Crippen molar-refractivity contribution >= 4 is 40.3 Å². The molecule has 0 aliphatic heterocycles. The maximum atomic E-state index is 13.6. The molecule has 0 fully saturated rings. The zero-order chi connectivity index (χ0) is 15.4. The zero-order valence-electron chi connectivity index (χ0n) is 11.5. The lowest BCUT2D eigenvalue weighted by Crippen LogP contribution is -2.19. The van der Waals surface area contributed by atoms with Gasteiger partial charge in [-0.25, -0.2) is 4.39 Å². The molecular formula is C15H14ClFN2OS. The third kappa shape index (κ3) is 4.06. The predicted molar refractivity (Wildman–Crippen MR) is 89.0 cm³/mol. The second-order valence-corrected chi connectivity index (χ2v) is 5.21. The molecule has 2 N–H and O–H groups in total. The smallest absolute Gasteiger partial charge is 0.175 e. The fourth-order valence-electron chi connectivity index (χ4n) is 1.76. The standard InChI is InChI=1S/C15H14ClFN2OS/c1-9-7-10(3-5-12(9)16)18-15(21)19-11-4-6-14(20-2)13(17)8-11/h3-8H,1-2H3,(H2,18,19,21). The highest BCUT2D eigenvalue weighted by molar-refractivity contribution is 7.80. The Morgan fingerprint density at radius 1 is 1.14 bits per heavy atom. The molecule has 0 aliphatic rings. The highest BCUT2D eigenvalue weighted by atomic mass is 35.5. The summed E-state index contributed by atoms with van der Waals surface area (Å²) in [6, 6.07) is 10.0. The van der Waals surface area contributed by atoms with Gasteiger partial charge < -0.3 is 15.4 Å². The van der Waals surface area contributed by atoms with Gasteiger partial charge in [0, 0.05) is 22.5 Å². The van der Waals surface area contributed by atoms with Crippen molar-refractivity contribution in [2.24, 2.45) is 0 Å². The van der Waals surface area contributed by atoms with E-state index in [1.807, 2.05) is 19.1 Å². The van der Waals surface area contributed by atoms with Crippen LogP contribution in [0, 0.1) is 12.7 Å². The van der Waals surface area contributed by atoms with Crippen LogP contribution in [0.15, 0.2) is 36.4 Å². The van der Waals surface area contributed by atoms with Gasteiger partial charge >= 0.3 is 0 Å². The lowest BCUT2D eigenvalue weighted by atomic mass is 10.2. The van der Waals surface area contributed by atoms with Crippen LogP contribution in [-0.2, 0) is 0 Å². The summed E-state index contributed by atoms with van der Waals surface area (Å²) in [4.78, 5) is 0. The van der Waals surface area contributed by atoms with Crippen molar-refractivity contribution in [2.75, 3.05) is 17.7 Å². The van der Waals surface area contributed by atoms with E-state index in [4.69, 9.17) is 28.6 Å². The van der Waals surface area contributed by atoms with Crippen molar-refractivity contribution in [3.63, 3.8) is 0 Å². The number of nitrogens with one attached hydrogen (secondary N) is 2. The van der Waals surface area contributed by atoms with Crippen molar-refractivity contribution in [3.05, 3.63) is 52.8 Å². The molecule has 21 heavy (non-hydrogen) atoms. The van der Waals surface area contributed by atoms with Crippen molar-refractivity contribution < 1.29 is 9.13 Å². The second kappa shape index (κ2) is 6.74. The minimum absolute atomic E-state index is 0.188. The van der Waals surface area contributed by atoms with E-state index in [1.165, 1.54) is 19.2 Å². The average molecular weight is 325 g/mol. The first kappa shape index (κ1) is 15.5. The minimum atomic E-state index is -0.451. The Labute approximate surface area is 133 Å². The number of rotatable bonds is 3. The topological polar surface area (TPSA) is 33.3 Å². The highest BCUT2D eigenvalue weighted by Gasteiger charge is 2.05. The first-order valence-corrected chi connectivity index (χ1v) is 6.96. The van der Waals surface area contributed by atoms with Crippen LogP contribution in [0.2, 0.25) is 5.02 Å². The molecule has 0 amide bonds. The van der Waals surface area contributed by atoms with Gasteiger partial charge in [0.1, 0.15) is 0 Å². The van der Waals surface area contributed by atoms with E-state index in [0.29, 0.717) is 15.8 Å². The number of halogens is 2. The number of methoxy groups -OCH3 is 1. The number of anilines is 2. The Balaban J connectivity index is 2.04. The molecule has 2 aromatic rings. The molecule has 0 aromatic heterocycles. The van der Waals surface area contributed by atoms with Gasteiger partial charge in [-0.05, 0) is 55.0 Å². The molecule has 0 heterocycles. The lowest BCUT2D eigenvalue weighted by molar-refractivity contribution is 0.387. The molecule has 6 heteroatoms. The lowest BCUT2D eigenvalue weighted by Gasteiger charge is -2.12. The van der Waals surface area contributed by atoms with Gasteiger partial charge in [0.25, 0.3) is 0 Å². The number of ether oxygens (including phenoxy) is 1. The predicted octanol–water partition coefficient (Wildman–Crippen LogP) is 4.61. The summed E-state index contributed by atoms with van der Waals surface area (Å²) in [7, 11) is 1.42. The summed E-state index contributed by atoms with van der Waals surface area (Å²) in [6.45, 7) is 1.91. The molecule has 0 unspecified atom stereocenters. The molecule has 0 saturated heterocycles. The van der Waals surface area contributed by atoms with Crippen LogP contribution < -0.4 is 15.4 Å². The van der Waals surface area contributed by atoms with Gasteiger partial charge in [0.15, 0.2) is 16.7 Å². The molecular weight excluding hydrogens is 311 g/mol. The number of thiocarbonyl (C=S) groups is 1. The van der Waals surface area contributed by atoms with Crippen molar-refractivity contribution in [3.8, 4) is 5.75 Å². The van der Waals surface area contributed by atoms with E-state index in [0.717, 1.165) is 11.3 Å². The number of aryl methyl sites for hydroxylation is 1. The quantitative estimate of drug-likeness (QED) is 0.808. The number of hydrogen-bond donors (Lipinski definition) is 2. The SMILES string of the molecule is COc1ccc(NC(=S)Nc2ccc(Cl)c(C)c2)cc1F. The van der Waals surface area contributed by atoms with E-state index in [2.05, 4.69) is 10.6 Å². The van der Waals surface area contributed by atoms with Crippen LogP contribution in [0.3, 0.4) is 0 Å². The molecule has 0 spiro atoms. The van der Waals surface area contributed by atoms with Crippen LogP contribution in [-0.4, -0.2) is 12.2 Å². The van der Waals surface area contributed by atoms with Crippen LogP contribution in [0.25, 0.3) is 0 Å². The van der Waals surface area contributed by atoms with E-state index in [9.17, 15) is 4.39 Å². The number of benzene rings is 2. The van der Waals surface area contributed by atoms with Crippen LogP contribution in [0.5, 0.6) is 5.75 Å². The molecule has 110 valence electrons. The summed E-state index contributed by atoms with van der Waals surface area (Å²) >= 11 is 11.2. The Hall–Kier alpha value is -1.85. The number of hydrogen-bond acceptors (Lipinski definition) is 2. The van der Waals surface area contributed by atoms with E-state index in [1.54, 1.807) is 12.1 Å². The zero-order valence-corrected chi connectivity index (χ0v) is 13.1. The van der Waals surface area contributed by atoms with E-state index < -0.39 is 5.82 Å². The summed E-state index contributed by atoms with van der Waals surface area (Å²) in [5, 5.41) is 6.98. The monoisotopic (exact) mass is 324 g/mol. The molecule has 2 rings (SSSR count). The Morgan fingerprint density at radius 2 is 1.76 bits per heavy atom. The summed E-state index contributed by atoms with van der Waals surface area (Å²) in [5.41, 5.74) is 2.29. The maximum Gasteiger partial charge on any atom is 0.175 e. The highest BCUT2D eigenvalue weighted by Crippen LogP contribution is 2.22. The fraction of sp³-hybridized carbons (Fsp3) is 0.133. The summed E-state index contributed by atoms with van der Waals surface area (Å²) < 4.78 is 18.4. The maximum absolute atomic E-state index is 13.6. The Morgan fingerprint density at radius 3 is 2.33 bits per heavy atom. The molecule has 0 aliphatic carbocycles. The van der Waals surface area contributed by atoms with Gasteiger partial charge in [-0.2, -0.15) is 0 Å². The van der Waals surface area contributed by atoms with Crippen molar-refractivity contribution in [2.45, 2.75) is 6.92 Å². The van der Waals surface area contributed by atoms with E-state index in [-0.39, 0.29) is 5.75 Å². The first-order chi connectivity index (χ1) is 9.99. The van der Waals surface area contributed by atoms with Crippen LogP contribution in [0.4, 0.5) is 15.8 Å². The van der Waals surface area contributed by atoms with Gasteiger partial charge in [0.2, 0.25) is 0 Å². The molecule has 0 bridgehead atoms. The second-order valence-electron chi connectivity index (χ2n) is 4.39. The van der Waals surface area contributed by atoms with E-state index >= 15 is 0 Å². The molecule has 2 aromatic carbocycles. The Bertz CT molecular complexity index is 679. The van der Waals surface area contributed by atoms with Crippen LogP contribution in [0.1, 0.15) is 5.56 Å². The van der Waals surface area contributed by atoms with Gasteiger partial charge in [-0.3, -0.25) is 0 Å². The van der Waals surface area contributed by atoms with Gasteiger partial charge in [-0.15, -0.1) is 0 Å². The molecule has 0 atom stereocenters. The first-order valence-electron chi connectivity index (χ1n) is 6.17. The largest absolute Gasteiger partial charge is 0.494 e. The minimum Gasteiger partial charge on any atom is -0.494 e. The van der Waals surface area contributed by atoms with Crippen molar-refractivity contribution in [1.29, 1.82) is 0 Å². The summed E-state index contributed by atoms with van der Waals surface area (Å²) in [6.07, 6.45) is 0. The third-order valence-electron chi connectivity index (χ3n) is 2.83. The molecule has 0 saturated carbocycles. The fourth-order valence-corrected chi connectivity index (χ4v) is 2.11. The normalized spacial score (nSPS) is 10.1. The Kier molecular flexibility index (Phi) is 4.98. The molecule has 3 nitrogen and oxygen atoms in total. The van der Waals surface area contributed by atoms with Crippen LogP contribution >= 0.6 is 23.8 Å². The molecule has 0 radical (unpaired) electrons. The summed E-state index contributed by atoms with van der Waals surface area (Å²) in [5.74, 6) is -0.264.